The van der Waals surface area contributed by atoms with Crippen LogP contribution >= 0.6 is 0 Å². The lowest BCUT2D eigenvalue weighted by atomic mass is 10.2. The number of hydrogen-bond donors (Lipinski definition) is 0. The minimum absolute atomic E-state index is 0.0456. The molecule has 7 heteroatoms. The van der Waals surface area contributed by atoms with Gasteiger partial charge in [0.05, 0.1) is 6.54 Å². The van der Waals surface area contributed by atoms with Crippen LogP contribution in [0.5, 0.6) is 0 Å². The van der Waals surface area contributed by atoms with Crippen LogP contribution in [0.2, 0.25) is 0 Å². The summed E-state index contributed by atoms with van der Waals surface area (Å²) in [5.74, 6) is 1.44. The van der Waals surface area contributed by atoms with Crippen molar-refractivity contribution in [1.29, 1.82) is 0 Å². The van der Waals surface area contributed by atoms with Crippen LogP contribution in [-0.4, -0.2) is 50.7 Å². The number of pyridine rings is 1. The van der Waals surface area contributed by atoms with E-state index in [1.807, 2.05) is 19.2 Å². The highest BCUT2D eigenvalue weighted by molar-refractivity contribution is 5.11. The normalized spacial score (nSPS) is 18.6. The summed E-state index contributed by atoms with van der Waals surface area (Å²) in [4.78, 5) is 20.8. The molecule has 1 aliphatic heterocycles. The highest BCUT2D eigenvalue weighted by atomic mass is 16.5. The number of nitrogens with zero attached hydrogens (tertiary/aromatic N) is 5. The van der Waals surface area contributed by atoms with E-state index in [-0.39, 0.29) is 5.56 Å². The molecule has 1 saturated heterocycles. The second-order valence-corrected chi connectivity index (χ2v) is 6.53. The number of aryl methyl sites for hydroxylation is 2. The first kappa shape index (κ1) is 16.9. The Hall–Kier alpha value is -1.99. The minimum atomic E-state index is 0.0456. The van der Waals surface area contributed by atoms with Gasteiger partial charge in [-0.15, -0.1) is 0 Å². The molecule has 0 unspecified atom stereocenters. The standard InChI is InChI=1S/C17H25N5O2/c1-4-16-18-15(19-24-16)12-21(3)14-6-8-22(11-14)10-13-5-7-20(2)17(23)9-13/h5,7,9,14H,4,6,8,10-12H2,1-3H3/t14-/m0/s1. The van der Waals surface area contributed by atoms with Crippen LogP contribution in [0.25, 0.3) is 0 Å². The summed E-state index contributed by atoms with van der Waals surface area (Å²) in [6.07, 6.45) is 3.71. The Morgan fingerprint density at radius 1 is 1.46 bits per heavy atom. The van der Waals surface area contributed by atoms with Crippen LogP contribution in [0.1, 0.15) is 30.6 Å². The molecule has 2 aromatic heterocycles. The lowest BCUT2D eigenvalue weighted by Crippen LogP contribution is -2.34. The molecule has 24 heavy (non-hydrogen) atoms. The molecule has 3 rings (SSSR count). The molecule has 0 radical (unpaired) electrons. The summed E-state index contributed by atoms with van der Waals surface area (Å²) in [7, 11) is 3.88. The van der Waals surface area contributed by atoms with Crippen LogP contribution in [0.15, 0.2) is 27.6 Å². The van der Waals surface area contributed by atoms with E-state index in [4.69, 9.17) is 4.52 Å². The maximum Gasteiger partial charge on any atom is 0.250 e. The van der Waals surface area contributed by atoms with Gasteiger partial charge in [0.2, 0.25) is 5.89 Å². The predicted molar refractivity (Wildman–Crippen MR) is 90.5 cm³/mol. The molecule has 3 heterocycles. The van der Waals surface area contributed by atoms with Gasteiger partial charge in [0.1, 0.15) is 0 Å². The summed E-state index contributed by atoms with van der Waals surface area (Å²) in [6.45, 7) is 5.56. The Balaban J connectivity index is 1.54. The van der Waals surface area contributed by atoms with Gasteiger partial charge >= 0.3 is 0 Å². The summed E-state index contributed by atoms with van der Waals surface area (Å²) in [6, 6.07) is 4.22. The average Bonchev–Trinajstić information content (AvgIpc) is 3.20. The molecule has 0 aromatic carbocycles. The fourth-order valence-electron chi connectivity index (χ4n) is 3.11. The van der Waals surface area contributed by atoms with Gasteiger partial charge in [-0.1, -0.05) is 12.1 Å². The van der Waals surface area contributed by atoms with Crippen molar-refractivity contribution in [1.82, 2.24) is 24.5 Å². The number of likely N-dealkylation sites (tertiary alicyclic amines) is 1. The van der Waals surface area contributed by atoms with Gasteiger partial charge in [0.25, 0.3) is 5.56 Å². The van der Waals surface area contributed by atoms with Crippen molar-refractivity contribution in [2.24, 2.45) is 7.05 Å². The van der Waals surface area contributed by atoms with E-state index in [2.05, 4.69) is 27.0 Å². The molecule has 0 N–H and O–H groups in total. The predicted octanol–water partition coefficient (Wildman–Crippen LogP) is 1.04. The van der Waals surface area contributed by atoms with Gasteiger partial charge in [0.15, 0.2) is 5.82 Å². The largest absolute Gasteiger partial charge is 0.339 e. The van der Waals surface area contributed by atoms with Crippen molar-refractivity contribution in [3.63, 3.8) is 0 Å². The molecule has 0 bridgehead atoms. The lowest BCUT2D eigenvalue weighted by molar-refractivity contribution is 0.216. The van der Waals surface area contributed by atoms with Gasteiger partial charge < -0.3 is 9.09 Å². The SMILES string of the molecule is CCc1nc(CN(C)[C@H]2CCN(Cc3ccn(C)c(=O)c3)C2)no1. The van der Waals surface area contributed by atoms with E-state index in [9.17, 15) is 4.79 Å². The maximum absolute atomic E-state index is 11.7. The molecular weight excluding hydrogens is 306 g/mol. The minimum Gasteiger partial charge on any atom is -0.339 e. The molecule has 0 aliphatic carbocycles. The molecule has 7 nitrogen and oxygen atoms in total. The van der Waals surface area contributed by atoms with Crippen LogP contribution in [0, 0.1) is 0 Å². The second kappa shape index (κ2) is 7.27. The van der Waals surface area contributed by atoms with Gasteiger partial charge in [-0.2, -0.15) is 4.98 Å². The molecule has 1 fully saturated rings. The maximum atomic E-state index is 11.7. The first-order valence-electron chi connectivity index (χ1n) is 8.44. The fraction of sp³-hybridized carbons (Fsp3) is 0.588. The van der Waals surface area contributed by atoms with Gasteiger partial charge in [-0.05, 0) is 25.1 Å². The molecule has 0 saturated carbocycles. The summed E-state index contributed by atoms with van der Waals surface area (Å²) < 4.78 is 6.77. The van der Waals surface area contributed by atoms with E-state index in [0.717, 1.165) is 43.9 Å². The molecule has 1 atom stereocenters. The lowest BCUT2D eigenvalue weighted by Gasteiger charge is -2.23. The highest BCUT2D eigenvalue weighted by Crippen LogP contribution is 2.18. The number of hydrogen-bond acceptors (Lipinski definition) is 6. The second-order valence-electron chi connectivity index (χ2n) is 6.53. The third kappa shape index (κ3) is 3.91. The molecule has 130 valence electrons. The first-order chi connectivity index (χ1) is 11.5. The topological polar surface area (TPSA) is 67.4 Å². The third-order valence-electron chi connectivity index (χ3n) is 4.65. The number of aromatic nitrogens is 3. The Bertz CT molecular complexity index is 739. The van der Waals surface area contributed by atoms with E-state index in [1.54, 1.807) is 17.7 Å². The number of rotatable bonds is 6. The van der Waals surface area contributed by atoms with E-state index in [0.29, 0.717) is 18.5 Å². The Labute approximate surface area is 141 Å². The van der Waals surface area contributed by atoms with Crippen molar-refractivity contribution in [3.8, 4) is 0 Å². The van der Waals surface area contributed by atoms with E-state index >= 15 is 0 Å². The quantitative estimate of drug-likeness (QED) is 0.788. The first-order valence-corrected chi connectivity index (χ1v) is 8.44. The summed E-state index contributed by atoms with van der Waals surface area (Å²) in [5, 5.41) is 4.02. The third-order valence-corrected chi connectivity index (χ3v) is 4.65. The Morgan fingerprint density at radius 2 is 2.29 bits per heavy atom. The molecule has 1 aliphatic rings. The summed E-state index contributed by atoms with van der Waals surface area (Å²) >= 11 is 0. The van der Waals surface area contributed by atoms with E-state index < -0.39 is 0 Å². The molecule has 2 aromatic rings. The van der Waals surface area contributed by atoms with Crippen molar-refractivity contribution in [2.75, 3.05) is 20.1 Å². The average molecular weight is 331 g/mol. The summed E-state index contributed by atoms with van der Waals surface area (Å²) in [5.41, 5.74) is 1.12. The zero-order chi connectivity index (χ0) is 17.1. The van der Waals surface area contributed by atoms with Crippen molar-refractivity contribution in [2.45, 2.75) is 38.9 Å². The Kier molecular flexibility index (Phi) is 5.11. The zero-order valence-electron chi connectivity index (χ0n) is 14.6. The van der Waals surface area contributed by atoms with Crippen LogP contribution in [0.4, 0.5) is 0 Å². The van der Waals surface area contributed by atoms with Gasteiger partial charge in [-0.3, -0.25) is 14.6 Å². The monoisotopic (exact) mass is 331 g/mol. The van der Waals surface area contributed by atoms with Crippen molar-refractivity contribution in [3.05, 3.63) is 46.0 Å². The van der Waals surface area contributed by atoms with Crippen LogP contribution in [-0.2, 0) is 26.6 Å². The van der Waals surface area contributed by atoms with E-state index in [1.165, 1.54) is 0 Å². The van der Waals surface area contributed by atoms with Crippen molar-refractivity contribution < 1.29 is 4.52 Å². The highest BCUT2D eigenvalue weighted by Gasteiger charge is 2.26. The molecular formula is C17H25N5O2. The molecule has 0 spiro atoms. The van der Waals surface area contributed by atoms with Crippen LogP contribution in [0.3, 0.4) is 0 Å². The number of likely N-dealkylation sites (N-methyl/N-ethyl adjacent to an activating group) is 1. The fourth-order valence-corrected chi connectivity index (χ4v) is 3.11. The van der Waals surface area contributed by atoms with Gasteiger partial charge in [-0.25, -0.2) is 0 Å². The smallest absolute Gasteiger partial charge is 0.250 e. The Morgan fingerprint density at radius 3 is 3.00 bits per heavy atom. The van der Waals surface area contributed by atoms with Crippen LogP contribution < -0.4 is 5.56 Å². The van der Waals surface area contributed by atoms with Crippen molar-refractivity contribution >= 4 is 0 Å². The molecule has 0 amide bonds. The van der Waals surface area contributed by atoms with Gasteiger partial charge in [0, 0.05) is 51.4 Å². The zero-order valence-corrected chi connectivity index (χ0v) is 14.6.